The number of fused-ring (bicyclic) bond motifs is 5. The normalized spacial score (nSPS) is 14.0. The number of halogens is 4. The molecular weight excluding hydrogens is 445 g/mol. The first-order chi connectivity index (χ1) is 15.2. The molecule has 0 amide bonds. The monoisotopic (exact) mass is 458 g/mol. The van der Waals surface area contributed by atoms with Gasteiger partial charge >= 0.3 is 6.18 Å². The van der Waals surface area contributed by atoms with E-state index in [0.717, 1.165) is 23.8 Å². The fraction of sp³-hybridized carbons (Fsp3) is 0.125. The van der Waals surface area contributed by atoms with Crippen molar-refractivity contribution in [1.29, 1.82) is 0 Å². The van der Waals surface area contributed by atoms with Crippen LogP contribution in [-0.4, -0.2) is 10.9 Å². The summed E-state index contributed by atoms with van der Waals surface area (Å²) in [5.41, 5.74) is 2.06. The Morgan fingerprint density at radius 1 is 1.03 bits per heavy atom. The highest BCUT2D eigenvalue weighted by molar-refractivity contribution is 6.42. The smallest absolute Gasteiger partial charge is 0.416 e. The van der Waals surface area contributed by atoms with E-state index in [9.17, 15) is 23.1 Å². The van der Waals surface area contributed by atoms with Gasteiger partial charge in [-0.05, 0) is 60.0 Å². The summed E-state index contributed by atoms with van der Waals surface area (Å²) in [6.07, 6.45) is -3.94. The zero-order valence-corrected chi connectivity index (χ0v) is 17.3. The number of carbonyl (C=O) groups excluding carboxylic acids is 1. The van der Waals surface area contributed by atoms with Crippen molar-refractivity contribution in [3.05, 3.63) is 81.4 Å². The highest BCUT2D eigenvalue weighted by atomic mass is 35.5. The molecule has 2 aromatic carbocycles. The van der Waals surface area contributed by atoms with Crippen molar-refractivity contribution < 1.29 is 32.2 Å². The van der Waals surface area contributed by atoms with Crippen molar-refractivity contribution in [3.8, 4) is 11.5 Å². The molecule has 2 aromatic heterocycles. The number of ether oxygens (including phenoxy) is 1. The average molecular weight is 459 g/mol. The van der Waals surface area contributed by atoms with Crippen LogP contribution in [0.3, 0.4) is 0 Å². The predicted octanol–water partition coefficient (Wildman–Crippen LogP) is 7.52. The first-order valence-corrected chi connectivity index (χ1v) is 10.1. The minimum atomic E-state index is -4.52. The number of carbonyl (C=O) groups is 1. The molecule has 2 heterocycles. The second kappa shape index (κ2) is 7.03. The molecule has 0 fully saturated rings. The van der Waals surface area contributed by atoms with E-state index in [0.29, 0.717) is 34.3 Å². The van der Waals surface area contributed by atoms with Crippen molar-refractivity contribution >= 4 is 39.9 Å². The van der Waals surface area contributed by atoms with E-state index in [1.54, 1.807) is 30.3 Å². The molecule has 0 unspecified atom stereocenters. The number of furan rings is 2. The van der Waals surface area contributed by atoms with Crippen LogP contribution >= 0.6 is 11.6 Å². The minimum absolute atomic E-state index is 0.0354. The first kappa shape index (κ1) is 20.5. The quantitative estimate of drug-likeness (QED) is 0.343. The third-order valence-corrected chi connectivity index (χ3v) is 5.79. The maximum absolute atomic E-state index is 13.1. The predicted molar refractivity (Wildman–Crippen MR) is 114 cm³/mol. The number of rotatable bonds is 4. The van der Waals surface area contributed by atoms with Crippen LogP contribution in [0.1, 0.15) is 39.5 Å². The van der Waals surface area contributed by atoms with Crippen LogP contribution in [0.4, 0.5) is 13.2 Å². The van der Waals surface area contributed by atoms with Gasteiger partial charge in [-0.3, -0.25) is 4.79 Å². The van der Waals surface area contributed by atoms with Crippen LogP contribution in [0.15, 0.2) is 52.9 Å². The fourth-order valence-electron chi connectivity index (χ4n) is 3.97. The number of ketones is 1. The van der Waals surface area contributed by atoms with Gasteiger partial charge in [-0.25, -0.2) is 0 Å². The lowest BCUT2D eigenvalue weighted by Gasteiger charge is -2.14. The Balaban J connectivity index is 1.55. The van der Waals surface area contributed by atoms with Gasteiger partial charge in [0.15, 0.2) is 0 Å². The largest absolute Gasteiger partial charge is 0.506 e. The van der Waals surface area contributed by atoms with Crippen molar-refractivity contribution in [1.82, 2.24) is 0 Å². The highest BCUT2D eigenvalue weighted by Gasteiger charge is 2.38. The molecule has 4 aromatic rings. The van der Waals surface area contributed by atoms with Crippen molar-refractivity contribution in [3.63, 3.8) is 0 Å². The number of aliphatic hydroxyl groups excluding tert-OH is 1. The van der Waals surface area contributed by atoms with E-state index in [1.165, 1.54) is 0 Å². The molecule has 0 saturated carbocycles. The highest BCUT2D eigenvalue weighted by Crippen LogP contribution is 2.46. The van der Waals surface area contributed by atoms with Crippen LogP contribution in [0, 0.1) is 0 Å². The van der Waals surface area contributed by atoms with Gasteiger partial charge in [0.1, 0.15) is 28.4 Å². The first-order valence-electron chi connectivity index (χ1n) is 9.70. The van der Waals surface area contributed by atoms with E-state index in [-0.39, 0.29) is 33.6 Å². The molecule has 0 saturated heterocycles. The van der Waals surface area contributed by atoms with E-state index >= 15 is 0 Å². The van der Waals surface area contributed by atoms with Crippen molar-refractivity contribution in [2.45, 2.75) is 19.5 Å². The summed E-state index contributed by atoms with van der Waals surface area (Å²) < 4.78 is 49.9. The molecule has 4 nitrogen and oxygen atoms in total. The lowest BCUT2D eigenvalue weighted by molar-refractivity contribution is -0.137. The van der Waals surface area contributed by atoms with Crippen LogP contribution in [0.5, 0.6) is 11.5 Å². The lowest BCUT2D eigenvalue weighted by Crippen LogP contribution is -2.04. The zero-order chi connectivity index (χ0) is 22.8. The molecule has 0 radical (unpaired) electrons. The molecule has 0 aliphatic heterocycles. The Morgan fingerprint density at radius 2 is 1.75 bits per heavy atom. The fourth-order valence-corrected chi connectivity index (χ4v) is 4.19. The summed E-state index contributed by atoms with van der Waals surface area (Å²) in [6, 6.07) is 11.1. The van der Waals surface area contributed by atoms with E-state index in [4.69, 9.17) is 20.8 Å². The van der Waals surface area contributed by atoms with Crippen LogP contribution in [-0.2, 0) is 12.6 Å². The van der Waals surface area contributed by atoms with Gasteiger partial charge in [0.2, 0.25) is 5.78 Å². The van der Waals surface area contributed by atoms with Gasteiger partial charge in [0, 0.05) is 0 Å². The minimum Gasteiger partial charge on any atom is -0.506 e. The van der Waals surface area contributed by atoms with Gasteiger partial charge < -0.3 is 14.3 Å². The molecule has 1 N–H and O–H groups in total. The SMILES string of the molecule is CCc1ccc(Oc2ccc(C(F)(F)F)cc2Cl)cc1C1=C(O)c2c(c3ccc2o3)C1=O. The number of allylic oxidation sites excluding steroid dienone is 1. The Labute approximate surface area is 184 Å². The van der Waals surface area contributed by atoms with E-state index in [1.807, 2.05) is 6.92 Å². The second-order valence-electron chi connectivity index (χ2n) is 7.38. The molecule has 1 aliphatic rings. The summed E-state index contributed by atoms with van der Waals surface area (Å²) in [4.78, 5) is 13.1. The van der Waals surface area contributed by atoms with Crippen LogP contribution in [0.25, 0.3) is 22.5 Å². The Bertz CT molecular complexity index is 1410. The third-order valence-electron chi connectivity index (χ3n) is 5.50. The summed E-state index contributed by atoms with van der Waals surface area (Å²) in [5, 5.41) is 10.6. The van der Waals surface area contributed by atoms with Gasteiger partial charge in [-0.15, -0.1) is 0 Å². The molecule has 8 heteroatoms. The number of hydrogen-bond acceptors (Lipinski definition) is 4. The summed E-state index contributed by atoms with van der Waals surface area (Å²) in [7, 11) is 0. The Hall–Kier alpha value is -3.45. The Kier molecular flexibility index (Phi) is 4.49. The maximum atomic E-state index is 13.1. The van der Waals surface area contributed by atoms with Gasteiger partial charge in [-0.2, -0.15) is 13.2 Å². The molecule has 5 rings (SSSR count). The van der Waals surface area contributed by atoms with Crippen LogP contribution in [0.2, 0.25) is 5.02 Å². The summed E-state index contributed by atoms with van der Waals surface area (Å²) in [6.45, 7) is 1.90. The maximum Gasteiger partial charge on any atom is 0.416 e. The number of hydrogen-bond donors (Lipinski definition) is 1. The molecular formula is C24H14ClF3O4. The molecule has 2 bridgehead atoms. The number of aryl methyl sites for hydroxylation is 1. The van der Waals surface area contributed by atoms with Crippen molar-refractivity contribution in [2.75, 3.05) is 0 Å². The number of alkyl halides is 3. The summed E-state index contributed by atoms with van der Waals surface area (Å²) in [5.74, 6) is -0.227. The molecule has 1 aliphatic carbocycles. The zero-order valence-electron chi connectivity index (χ0n) is 16.5. The standard InChI is InChI=1S/C24H14ClF3O4/c1-2-11-3-5-13(31-16-6-4-12(9-15(16)25)24(26,27)28)10-14(11)19-22(29)20-17-7-8-18(32-17)21(20)23(19)30/h3-10,29H,2H2,1H3. The molecule has 32 heavy (non-hydrogen) atoms. The van der Waals surface area contributed by atoms with Gasteiger partial charge in [-0.1, -0.05) is 24.6 Å². The number of Topliss-reactive ketones (excluding diaryl/α,β-unsaturated/α-hetero) is 1. The van der Waals surface area contributed by atoms with E-state index in [2.05, 4.69) is 0 Å². The van der Waals surface area contributed by atoms with Crippen LogP contribution < -0.4 is 4.74 Å². The van der Waals surface area contributed by atoms with Gasteiger partial charge in [0.25, 0.3) is 0 Å². The second-order valence-corrected chi connectivity index (χ2v) is 7.79. The van der Waals surface area contributed by atoms with E-state index < -0.39 is 11.7 Å². The molecule has 0 atom stereocenters. The molecule has 162 valence electrons. The van der Waals surface area contributed by atoms with Crippen molar-refractivity contribution in [2.24, 2.45) is 0 Å². The number of benzene rings is 3. The number of aliphatic hydroxyl groups is 1. The lowest BCUT2D eigenvalue weighted by atomic mass is 9.95. The van der Waals surface area contributed by atoms with Gasteiger partial charge in [0.05, 0.1) is 27.3 Å². The average Bonchev–Trinajstić information content (AvgIpc) is 3.42. The third kappa shape index (κ3) is 3.04. The summed E-state index contributed by atoms with van der Waals surface area (Å²) >= 11 is 6.00. The Morgan fingerprint density at radius 3 is 2.38 bits per heavy atom. The topological polar surface area (TPSA) is 59.7 Å². The molecule has 0 spiro atoms.